The van der Waals surface area contributed by atoms with E-state index < -0.39 is 0 Å². The summed E-state index contributed by atoms with van der Waals surface area (Å²) in [6.07, 6.45) is 0. The van der Waals surface area contributed by atoms with Gasteiger partial charge in [0.2, 0.25) is 5.91 Å². The molecule has 4 heteroatoms. The van der Waals surface area contributed by atoms with Crippen LogP contribution in [0.25, 0.3) is 0 Å². The predicted molar refractivity (Wildman–Crippen MR) is 66.3 cm³/mol. The lowest BCUT2D eigenvalue weighted by Crippen LogP contribution is -2.50. The summed E-state index contributed by atoms with van der Waals surface area (Å²) in [4.78, 5) is 15.5. The minimum atomic E-state index is 0.197. The maximum absolute atomic E-state index is 11.1. The Labute approximate surface area is 98.2 Å². The highest BCUT2D eigenvalue weighted by atomic mass is 32.1. The number of hydrogen-bond donors (Lipinski definition) is 1. The molecule has 3 nitrogen and oxygen atoms in total. The summed E-state index contributed by atoms with van der Waals surface area (Å²) in [5.41, 5.74) is 0.265. The van der Waals surface area contributed by atoms with E-state index in [1.165, 1.54) is 0 Å². The van der Waals surface area contributed by atoms with Crippen LogP contribution in [0.3, 0.4) is 0 Å². The van der Waals surface area contributed by atoms with E-state index in [1.807, 2.05) is 4.90 Å². The molecule has 1 aliphatic heterocycles. The third kappa shape index (κ3) is 4.03. The molecule has 0 aromatic rings. The van der Waals surface area contributed by atoms with Gasteiger partial charge in [-0.2, -0.15) is 12.6 Å². The molecule has 0 radical (unpaired) electrons. The smallest absolute Gasteiger partial charge is 0.219 e. The Hall–Kier alpha value is -0.220. The van der Waals surface area contributed by atoms with E-state index in [2.05, 4.69) is 31.4 Å². The molecule has 1 fully saturated rings. The number of hydrogen-bond acceptors (Lipinski definition) is 3. The van der Waals surface area contributed by atoms with E-state index in [4.69, 9.17) is 0 Å². The summed E-state index contributed by atoms with van der Waals surface area (Å²) in [5.74, 6) is 1.10. The van der Waals surface area contributed by atoms with Crippen molar-refractivity contribution >= 4 is 18.5 Å². The van der Waals surface area contributed by atoms with E-state index in [-0.39, 0.29) is 11.3 Å². The van der Waals surface area contributed by atoms with Gasteiger partial charge in [-0.25, -0.2) is 0 Å². The molecule has 1 rings (SSSR count). The molecule has 0 N–H and O–H groups in total. The number of nitrogens with zero attached hydrogens (tertiary/aromatic N) is 2. The van der Waals surface area contributed by atoms with Crippen LogP contribution < -0.4 is 0 Å². The molecular weight excluding hydrogens is 208 g/mol. The zero-order chi connectivity index (χ0) is 11.5. The molecule has 1 aliphatic rings. The summed E-state index contributed by atoms with van der Waals surface area (Å²) in [7, 11) is 0. The summed E-state index contributed by atoms with van der Waals surface area (Å²) >= 11 is 4.36. The minimum absolute atomic E-state index is 0.197. The zero-order valence-corrected chi connectivity index (χ0v) is 10.9. The van der Waals surface area contributed by atoms with Crippen molar-refractivity contribution in [1.29, 1.82) is 0 Å². The van der Waals surface area contributed by atoms with Crippen LogP contribution >= 0.6 is 12.6 Å². The molecule has 0 aromatic heterocycles. The van der Waals surface area contributed by atoms with Crippen LogP contribution in [0, 0.1) is 5.41 Å². The van der Waals surface area contributed by atoms with E-state index >= 15 is 0 Å². The average Bonchev–Trinajstić information content (AvgIpc) is 2.18. The van der Waals surface area contributed by atoms with Crippen LogP contribution in [0.4, 0.5) is 0 Å². The second-order valence-electron chi connectivity index (χ2n) is 5.10. The number of carbonyl (C=O) groups excluding carboxylic acids is 1. The van der Waals surface area contributed by atoms with Crippen molar-refractivity contribution in [3.05, 3.63) is 0 Å². The monoisotopic (exact) mass is 230 g/mol. The van der Waals surface area contributed by atoms with Crippen molar-refractivity contribution in [3.63, 3.8) is 0 Å². The van der Waals surface area contributed by atoms with Gasteiger partial charge >= 0.3 is 0 Å². The average molecular weight is 230 g/mol. The predicted octanol–water partition coefficient (Wildman–Crippen LogP) is 1.11. The van der Waals surface area contributed by atoms with Crippen LogP contribution in [-0.4, -0.2) is 54.2 Å². The lowest BCUT2D eigenvalue weighted by molar-refractivity contribution is -0.130. The fourth-order valence-corrected chi connectivity index (χ4v) is 1.98. The Morgan fingerprint density at radius 2 is 1.80 bits per heavy atom. The largest absolute Gasteiger partial charge is 0.340 e. The molecule has 1 heterocycles. The van der Waals surface area contributed by atoms with Gasteiger partial charge in [0.1, 0.15) is 0 Å². The fraction of sp³-hybridized carbons (Fsp3) is 0.909. The quantitative estimate of drug-likeness (QED) is 0.734. The van der Waals surface area contributed by atoms with Gasteiger partial charge in [-0.3, -0.25) is 9.69 Å². The Balaban J connectivity index is 2.35. The van der Waals surface area contributed by atoms with Crippen LogP contribution in [0.15, 0.2) is 0 Å². The van der Waals surface area contributed by atoms with Crippen LogP contribution in [0.5, 0.6) is 0 Å². The maximum Gasteiger partial charge on any atom is 0.219 e. The van der Waals surface area contributed by atoms with Gasteiger partial charge in [0.25, 0.3) is 0 Å². The van der Waals surface area contributed by atoms with Gasteiger partial charge in [-0.1, -0.05) is 13.8 Å². The number of rotatable bonds is 3. The van der Waals surface area contributed by atoms with Gasteiger partial charge in [0.05, 0.1) is 0 Å². The van der Waals surface area contributed by atoms with Crippen LogP contribution in [0.2, 0.25) is 0 Å². The second-order valence-corrected chi connectivity index (χ2v) is 5.42. The topological polar surface area (TPSA) is 23.6 Å². The second kappa shape index (κ2) is 5.21. The summed E-state index contributed by atoms with van der Waals surface area (Å²) in [6.45, 7) is 10.9. The SMILES string of the molecule is CC(=O)N1CCN(CC(C)(C)CS)CC1. The minimum Gasteiger partial charge on any atom is -0.340 e. The molecule has 0 saturated carbocycles. The molecule has 0 unspecified atom stereocenters. The number of carbonyl (C=O) groups is 1. The van der Waals surface area contributed by atoms with Crippen molar-refractivity contribution in [2.24, 2.45) is 5.41 Å². The summed E-state index contributed by atoms with van der Waals surface area (Å²) in [6, 6.07) is 0. The van der Waals surface area contributed by atoms with E-state index in [9.17, 15) is 4.79 Å². The molecule has 15 heavy (non-hydrogen) atoms. The molecule has 0 aliphatic carbocycles. The third-order valence-corrected chi connectivity index (χ3v) is 3.75. The highest BCUT2D eigenvalue weighted by Gasteiger charge is 2.24. The lowest BCUT2D eigenvalue weighted by atomic mass is 9.95. The van der Waals surface area contributed by atoms with Gasteiger partial charge in [-0.05, 0) is 11.2 Å². The fourth-order valence-electron chi connectivity index (χ4n) is 1.88. The first-order chi connectivity index (χ1) is 6.94. The van der Waals surface area contributed by atoms with Crippen LogP contribution in [-0.2, 0) is 4.79 Å². The van der Waals surface area contributed by atoms with E-state index in [0.717, 1.165) is 38.5 Å². The van der Waals surface area contributed by atoms with Crippen molar-refractivity contribution in [2.45, 2.75) is 20.8 Å². The van der Waals surface area contributed by atoms with Gasteiger partial charge in [0, 0.05) is 39.6 Å². The first-order valence-electron chi connectivity index (χ1n) is 5.53. The van der Waals surface area contributed by atoms with Crippen molar-refractivity contribution in [2.75, 3.05) is 38.5 Å². The zero-order valence-electron chi connectivity index (χ0n) is 9.99. The van der Waals surface area contributed by atoms with Crippen LogP contribution in [0.1, 0.15) is 20.8 Å². The van der Waals surface area contributed by atoms with Gasteiger partial charge in [0.15, 0.2) is 0 Å². The molecule has 0 atom stereocenters. The van der Waals surface area contributed by atoms with Crippen molar-refractivity contribution in [1.82, 2.24) is 9.80 Å². The highest BCUT2D eigenvalue weighted by Crippen LogP contribution is 2.19. The Morgan fingerprint density at radius 1 is 1.27 bits per heavy atom. The first kappa shape index (κ1) is 12.8. The Kier molecular flexibility index (Phi) is 4.46. The molecule has 0 aromatic carbocycles. The van der Waals surface area contributed by atoms with Gasteiger partial charge < -0.3 is 4.90 Å². The summed E-state index contributed by atoms with van der Waals surface area (Å²) < 4.78 is 0. The summed E-state index contributed by atoms with van der Waals surface area (Å²) in [5, 5.41) is 0. The van der Waals surface area contributed by atoms with Crippen molar-refractivity contribution < 1.29 is 4.79 Å². The van der Waals surface area contributed by atoms with E-state index in [0.29, 0.717) is 0 Å². The highest BCUT2D eigenvalue weighted by molar-refractivity contribution is 7.80. The lowest BCUT2D eigenvalue weighted by Gasteiger charge is -2.38. The molecule has 88 valence electrons. The molecule has 0 spiro atoms. The molecular formula is C11H22N2OS. The molecule has 1 saturated heterocycles. The number of thiol groups is 1. The Morgan fingerprint density at radius 3 is 2.20 bits per heavy atom. The number of amides is 1. The van der Waals surface area contributed by atoms with E-state index in [1.54, 1.807) is 6.92 Å². The third-order valence-electron chi connectivity index (χ3n) is 2.90. The Bertz CT molecular complexity index is 223. The molecule has 1 amide bonds. The standard InChI is InChI=1S/C11H22N2OS/c1-10(14)13-6-4-12(5-7-13)8-11(2,3)9-15/h15H,4-9H2,1-3H3. The normalized spacial score (nSPS) is 19.3. The molecule has 0 bridgehead atoms. The first-order valence-corrected chi connectivity index (χ1v) is 6.16. The maximum atomic E-state index is 11.1. The number of piperazine rings is 1. The van der Waals surface area contributed by atoms with Gasteiger partial charge in [-0.15, -0.1) is 0 Å². The van der Waals surface area contributed by atoms with Crippen molar-refractivity contribution in [3.8, 4) is 0 Å².